The maximum absolute atomic E-state index is 12.7. The highest BCUT2D eigenvalue weighted by Crippen LogP contribution is 2.28. The molecule has 0 bridgehead atoms. The largest absolute Gasteiger partial charge is 0.493 e. The lowest BCUT2D eigenvalue weighted by atomic mass is 9.96. The van der Waals surface area contributed by atoms with Crippen LogP contribution >= 0.6 is 11.6 Å². The number of carbonyl (C=O) groups is 3. The summed E-state index contributed by atoms with van der Waals surface area (Å²) in [6.45, 7) is 3.17. The number of halogens is 1. The summed E-state index contributed by atoms with van der Waals surface area (Å²) in [6.07, 6.45) is 1.32. The van der Waals surface area contributed by atoms with Gasteiger partial charge in [-0.2, -0.15) is 0 Å². The number of rotatable bonds is 6. The molecule has 1 saturated heterocycles. The van der Waals surface area contributed by atoms with Crippen molar-refractivity contribution in [1.29, 1.82) is 0 Å². The standard InChI is InChI=1S/C23H26ClN3O5/c1-3-32-19-11-8-16(13-20(19)31-2)21(28)25-26-22(29)17-5-4-12-27(14-17)23(30)15-6-9-18(24)10-7-15/h6-11,13,17H,3-5,12,14H2,1-2H3,(H,25,28)(H,26,29). The van der Waals surface area contributed by atoms with Crippen LogP contribution in [-0.2, 0) is 4.79 Å². The van der Waals surface area contributed by atoms with E-state index in [9.17, 15) is 14.4 Å². The third-order valence-corrected chi connectivity index (χ3v) is 5.45. The Morgan fingerprint density at radius 1 is 1.06 bits per heavy atom. The molecule has 9 heteroatoms. The van der Waals surface area contributed by atoms with Crippen molar-refractivity contribution in [3.63, 3.8) is 0 Å². The Morgan fingerprint density at radius 3 is 2.47 bits per heavy atom. The third kappa shape index (κ3) is 5.70. The summed E-state index contributed by atoms with van der Waals surface area (Å²) in [5.41, 5.74) is 5.73. The van der Waals surface area contributed by atoms with E-state index in [2.05, 4.69) is 10.9 Å². The lowest BCUT2D eigenvalue weighted by Gasteiger charge is -2.32. The number of hydrogen-bond acceptors (Lipinski definition) is 5. The predicted molar refractivity (Wildman–Crippen MR) is 120 cm³/mol. The molecule has 0 radical (unpaired) electrons. The van der Waals surface area contributed by atoms with Gasteiger partial charge >= 0.3 is 0 Å². The maximum Gasteiger partial charge on any atom is 0.269 e. The average molecular weight is 460 g/mol. The number of amides is 3. The molecule has 170 valence electrons. The molecule has 0 saturated carbocycles. The van der Waals surface area contributed by atoms with Gasteiger partial charge in [-0.15, -0.1) is 0 Å². The smallest absolute Gasteiger partial charge is 0.269 e. The minimum Gasteiger partial charge on any atom is -0.493 e. The van der Waals surface area contributed by atoms with Gasteiger partial charge in [0.25, 0.3) is 11.8 Å². The first kappa shape index (κ1) is 23.4. The number of nitrogens with one attached hydrogen (secondary N) is 2. The van der Waals surface area contributed by atoms with E-state index >= 15 is 0 Å². The summed E-state index contributed by atoms with van der Waals surface area (Å²) in [5.74, 6) is -0.438. The molecular formula is C23H26ClN3O5. The fourth-order valence-corrected chi connectivity index (χ4v) is 3.65. The molecule has 1 aliphatic rings. The van der Waals surface area contributed by atoms with E-state index in [1.54, 1.807) is 47.4 Å². The van der Waals surface area contributed by atoms with Gasteiger partial charge in [0.15, 0.2) is 11.5 Å². The Bertz CT molecular complexity index is 980. The number of hydrogen-bond donors (Lipinski definition) is 2. The molecular weight excluding hydrogens is 434 g/mol. The van der Waals surface area contributed by atoms with Crippen molar-refractivity contribution in [2.75, 3.05) is 26.8 Å². The predicted octanol–water partition coefficient (Wildman–Crippen LogP) is 3.06. The minimum absolute atomic E-state index is 0.148. The first-order valence-electron chi connectivity index (χ1n) is 10.4. The summed E-state index contributed by atoms with van der Waals surface area (Å²) in [7, 11) is 1.49. The third-order valence-electron chi connectivity index (χ3n) is 5.20. The molecule has 2 N–H and O–H groups in total. The molecule has 2 aromatic rings. The number of ether oxygens (including phenoxy) is 2. The Balaban J connectivity index is 1.56. The molecule has 8 nitrogen and oxygen atoms in total. The minimum atomic E-state index is -0.482. The van der Waals surface area contributed by atoms with Crippen molar-refractivity contribution < 1.29 is 23.9 Å². The normalized spacial score (nSPS) is 15.6. The first-order chi connectivity index (χ1) is 15.4. The Kier molecular flexibility index (Phi) is 7.94. The van der Waals surface area contributed by atoms with Gasteiger partial charge in [-0.1, -0.05) is 11.6 Å². The number of nitrogens with zero attached hydrogens (tertiary/aromatic N) is 1. The number of piperidine rings is 1. The molecule has 1 unspecified atom stereocenters. The van der Waals surface area contributed by atoms with Gasteiger partial charge in [0.05, 0.1) is 19.6 Å². The zero-order valence-corrected chi connectivity index (χ0v) is 18.8. The van der Waals surface area contributed by atoms with Gasteiger partial charge in [-0.3, -0.25) is 25.2 Å². The highest BCUT2D eigenvalue weighted by Gasteiger charge is 2.29. The topological polar surface area (TPSA) is 97.0 Å². The summed E-state index contributed by atoms with van der Waals surface area (Å²) in [6, 6.07) is 11.4. The van der Waals surface area contributed by atoms with Gasteiger partial charge in [-0.25, -0.2) is 0 Å². The van der Waals surface area contributed by atoms with Gasteiger partial charge in [0.2, 0.25) is 5.91 Å². The van der Waals surface area contributed by atoms with Crippen LogP contribution in [0.1, 0.15) is 40.5 Å². The molecule has 0 spiro atoms. The van der Waals surface area contributed by atoms with E-state index < -0.39 is 11.8 Å². The Labute approximate surface area is 191 Å². The molecule has 0 aliphatic carbocycles. The first-order valence-corrected chi connectivity index (χ1v) is 10.8. The number of likely N-dealkylation sites (tertiary alicyclic amines) is 1. The van der Waals surface area contributed by atoms with E-state index in [0.29, 0.717) is 53.6 Å². The van der Waals surface area contributed by atoms with Crippen molar-refractivity contribution in [1.82, 2.24) is 15.8 Å². The van der Waals surface area contributed by atoms with Gasteiger partial charge < -0.3 is 14.4 Å². The van der Waals surface area contributed by atoms with Crippen molar-refractivity contribution in [2.45, 2.75) is 19.8 Å². The molecule has 2 aromatic carbocycles. The van der Waals surface area contributed by atoms with Crippen molar-refractivity contribution >= 4 is 29.3 Å². The van der Waals surface area contributed by atoms with Crippen LogP contribution in [0, 0.1) is 5.92 Å². The van der Waals surface area contributed by atoms with Crippen molar-refractivity contribution in [2.24, 2.45) is 5.92 Å². The number of benzene rings is 2. The van der Waals surface area contributed by atoms with Crippen molar-refractivity contribution in [3.05, 3.63) is 58.6 Å². The fourth-order valence-electron chi connectivity index (χ4n) is 3.53. The average Bonchev–Trinajstić information content (AvgIpc) is 2.82. The summed E-state index contributed by atoms with van der Waals surface area (Å²) in [4.78, 5) is 39.4. The highest BCUT2D eigenvalue weighted by atomic mass is 35.5. The van der Waals surface area contributed by atoms with E-state index in [4.69, 9.17) is 21.1 Å². The Hall–Kier alpha value is -3.26. The van der Waals surface area contributed by atoms with E-state index in [-0.39, 0.29) is 18.4 Å². The van der Waals surface area contributed by atoms with Crippen LogP contribution in [-0.4, -0.2) is 49.4 Å². The second-order valence-corrected chi connectivity index (χ2v) is 7.78. The Morgan fingerprint density at radius 2 is 1.78 bits per heavy atom. The van der Waals surface area contributed by atoms with E-state index in [1.807, 2.05) is 6.92 Å². The molecule has 0 aromatic heterocycles. The van der Waals surface area contributed by atoms with Gasteiger partial charge in [0, 0.05) is 29.2 Å². The lowest BCUT2D eigenvalue weighted by molar-refractivity contribution is -0.127. The molecule has 1 atom stereocenters. The van der Waals surface area contributed by atoms with Crippen LogP contribution in [0.15, 0.2) is 42.5 Å². The molecule has 3 rings (SSSR count). The van der Waals surface area contributed by atoms with Crippen LogP contribution in [0.25, 0.3) is 0 Å². The number of hydrazine groups is 1. The van der Waals surface area contributed by atoms with E-state index in [1.165, 1.54) is 7.11 Å². The molecule has 1 aliphatic heterocycles. The fraction of sp³-hybridized carbons (Fsp3) is 0.348. The molecule has 3 amide bonds. The van der Waals surface area contributed by atoms with Crippen LogP contribution in [0.4, 0.5) is 0 Å². The van der Waals surface area contributed by atoms with Crippen molar-refractivity contribution in [3.8, 4) is 11.5 Å². The zero-order valence-electron chi connectivity index (χ0n) is 18.0. The van der Waals surface area contributed by atoms with Crippen LogP contribution in [0.3, 0.4) is 0 Å². The van der Waals surface area contributed by atoms with Gasteiger partial charge in [0.1, 0.15) is 0 Å². The second-order valence-electron chi connectivity index (χ2n) is 7.34. The van der Waals surface area contributed by atoms with Crippen LogP contribution in [0.2, 0.25) is 5.02 Å². The lowest BCUT2D eigenvalue weighted by Crippen LogP contribution is -2.50. The zero-order chi connectivity index (χ0) is 23.1. The quantitative estimate of drug-likeness (QED) is 0.647. The number of methoxy groups -OCH3 is 1. The van der Waals surface area contributed by atoms with Crippen LogP contribution < -0.4 is 20.3 Å². The van der Waals surface area contributed by atoms with Crippen LogP contribution in [0.5, 0.6) is 11.5 Å². The van der Waals surface area contributed by atoms with Gasteiger partial charge in [-0.05, 0) is 62.2 Å². The molecule has 1 fully saturated rings. The maximum atomic E-state index is 12.7. The molecule has 1 heterocycles. The molecule has 32 heavy (non-hydrogen) atoms. The monoisotopic (exact) mass is 459 g/mol. The highest BCUT2D eigenvalue weighted by molar-refractivity contribution is 6.30. The van der Waals surface area contributed by atoms with E-state index in [0.717, 1.165) is 0 Å². The number of carbonyl (C=O) groups excluding carboxylic acids is 3. The SMILES string of the molecule is CCOc1ccc(C(=O)NNC(=O)C2CCCN(C(=O)c3ccc(Cl)cc3)C2)cc1OC. The second kappa shape index (κ2) is 10.9. The summed E-state index contributed by atoms with van der Waals surface area (Å²) in [5, 5.41) is 0.554. The summed E-state index contributed by atoms with van der Waals surface area (Å²) < 4.78 is 10.7. The summed E-state index contributed by atoms with van der Waals surface area (Å²) >= 11 is 5.88.